The zero-order valence-corrected chi connectivity index (χ0v) is 11.6. The zero-order valence-electron chi connectivity index (χ0n) is 10.8. The minimum Gasteiger partial charge on any atom is -0.350 e. The van der Waals surface area contributed by atoms with Crippen molar-refractivity contribution in [2.24, 2.45) is 0 Å². The molecule has 3 heterocycles. The Kier molecular flexibility index (Phi) is 2.66. The molecule has 0 spiro atoms. The number of halogens is 1. The number of fused-ring (bicyclic) bond motifs is 3. The number of pyridine rings is 1. The van der Waals surface area contributed by atoms with E-state index in [2.05, 4.69) is 40.2 Å². The van der Waals surface area contributed by atoms with E-state index in [4.69, 9.17) is 11.6 Å². The SMILES string of the molecule is ClC1CC2CCC(C1)N2c1nccc2ccccc12. The van der Waals surface area contributed by atoms with Gasteiger partial charge in [-0.05, 0) is 37.1 Å². The summed E-state index contributed by atoms with van der Waals surface area (Å²) in [5.74, 6) is 1.16. The Morgan fingerprint density at radius 3 is 2.58 bits per heavy atom. The number of anilines is 1. The molecule has 2 bridgehead atoms. The Bertz CT molecular complexity index is 593. The van der Waals surface area contributed by atoms with Crippen LogP contribution in [0.5, 0.6) is 0 Å². The number of hydrogen-bond donors (Lipinski definition) is 0. The maximum absolute atomic E-state index is 6.37. The lowest BCUT2D eigenvalue weighted by molar-refractivity contribution is 0.472. The molecule has 0 N–H and O–H groups in total. The van der Waals surface area contributed by atoms with Crippen molar-refractivity contribution in [1.82, 2.24) is 4.98 Å². The number of nitrogens with zero attached hydrogens (tertiary/aromatic N) is 2. The van der Waals surface area contributed by atoms with Crippen molar-refractivity contribution in [3.8, 4) is 0 Å². The molecule has 3 heteroatoms. The van der Waals surface area contributed by atoms with E-state index in [1.54, 1.807) is 0 Å². The quantitative estimate of drug-likeness (QED) is 0.730. The second-order valence-corrected chi connectivity index (χ2v) is 6.33. The Hall–Kier alpha value is -1.28. The number of benzene rings is 1. The molecule has 2 aliphatic heterocycles. The summed E-state index contributed by atoms with van der Waals surface area (Å²) in [6.07, 6.45) is 6.66. The van der Waals surface area contributed by atoms with Crippen LogP contribution in [-0.2, 0) is 0 Å². The topological polar surface area (TPSA) is 16.1 Å². The molecular weight excluding hydrogens is 256 g/mol. The number of piperidine rings is 1. The normalized spacial score (nSPS) is 29.9. The van der Waals surface area contributed by atoms with E-state index in [1.807, 2.05) is 6.20 Å². The third-order valence-electron chi connectivity index (χ3n) is 4.57. The molecule has 1 aromatic carbocycles. The third-order valence-corrected chi connectivity index (χ3v) is 4.93. The van der Waals surface area contributed by atoms with Gasteiger partial charge in [-0.2, -0.15) is 0 Å². The Morgan fingerprint density at radius 2 is 1.79 bits per heavy atom. The number of rotatable bonds is 1. The van der Waals surface area contributed by atoms with Crippen LogP contribution in [0.4, 0.5) is 5.82 Å². The molecule has 2 unspecified atom stereocenters. The smallest absolute Gasteiger partial charge is 0.136 e. The Morgan fingerprint density at radius 1 is 1.05 bits per heavy atom. The van der Waals surface area contributed by atoms with Crippen LogP contribution in [0, 0.1) is 0 Å². The fourth-order valence-electron chi connectivity index (χ4n) is 3.77. The molecule has 19 heavy (non-hydrogen) atoms. The van der Waals surface area contributed by atoms with Crippen molar-refractivity contribution in [3.63, 3.8) is 0 Å². The predicted molar refractivity (Wildman–Crippen MR) is 79.9 cm³/mol. The van der Waals surface area contributed by atoms with Crippen LogP contribution in [0.1, 0.15) is 25.7 Å². The molecule has 2 fully saturated rings. The molecule has 0 saturated carbocycles. The first kappa shape index (κ1) is 11.5. The summed E-state index contributed by atoms with van der Waals surface area (Å²) in [6.45, 7) is 0. The maximum Gasteiger partial charge on any atom is 0.136 e. The molecule has 2 atom stereocenters. The predicted octanol–water partition coefficient (Wildman–Crippen LogP) is 3.97. The number of aromatic nitrogens is 1. The van der Waals surface area contributed by atoms with Gasteiger partial charge in [0.2, 0.25) is 0 Å². The highest BCUT2D eigenvalue weighted by atomic mass is 35.5. The number of hydrogen-bond acceptors (Lipinski definition) is 2. The summed E-state index contributed by atoms with van der Waals surface area (Å²) < 4.78 is 0. The largest absolute Gasteiger partial charge is 0.350 e. The van der Waals surface area contributed by atoms with E-state index in [1.165, 1.54) is 23.6 Å². The Balaban J connectivity index is 1.83. The van der Waals surface area contributed by atoms with Crippen molar-refractivity contribution in [2.45, 2.75) is 43.1 Å². The molecule has 2 aliphatic rings. The van der Waals surface area contributed by atoms with Gasteiger partial charge in [0.15, 0.2) is 0 Å². The lowest BCUT2D eigenvalue weighted by atomic mass is 10.0. The van der Waals surface area contributed by atoms with E-state index in [0.717, 1.165) is 18.7 Å². The van der Waals surface area contributed by atoms with Crippen molar-refractivity contribution < 1.29 is 0 Å². The van der Waals surface area contributed by atoms with Gasteiger partial charge in [0, 0.05) is 29.0 Å². The van der Waals surface area contributed by atoms with Crippen LogP contribution >= 0.6 is 11.6 Å². The highest BCUT2D eigenvalue weighted by Gasteiger charge is 2.41. The standard InChI is InChI=1S/C16H17ClN2/c17-12-9-13-5-6-14(10-12)19(13)16-15-4-2-1-3-11(15)7-8-18-16/h1-4,7-8,12-14H,5-6,9-10H2. The lowest BCUT2D eigenvalue weighted by Crippen LogP contribution is -2.44. The first-order valence-electron chi connectivity index (χ1n) is 7.09. The van der Waals surface area contributed by atoms with Gasteiger partial charge >= 0.3 is 0 Å². The van der Waals surface area contributed by atoms with Crippen molar-refractivity contribution in [2.75, 3.05) is 4.90 Å². The van der Waals surface area contributed by atoms with Gasteiger partial charge in [-0.3, -0.25) is 0 Å². The summed E-state index contributed by atoms with van der Waals surface area (Å²) in [4.78, 5) is 7.22. The van der Waals surface area contributed by atoms with E-state index in [0.29, 0.717) is 17.5 Å². The lowest BCUT2D eigenvalue weighted by Gasteiger charge is -2.38. The highest BCUT2D eigenvalue weighted by Crippen LogP contribution is 2.42. The van der Waals surface area contributed by atoms with Crippen molar-refractivity contribution in [3.05, 3.63) is 36.5 Å². The molecule has 2 saturated heterocycles. The second-order valence-electron chi connectivity index (χ2n) is 5.72. The van der Waals surface area contributed by atoms with E-state index < -0.39 is 0 Å². The molecule has 0 radical (unpaired) electrons. The van der Waals surface area contributed by atoms with Crippen LogP contribution in [0.25, 0.3) is 10.8 Å². The Labute approximate surface area is 118 Å². The number of alkyl halides is 1. The van der Waals surface area contributed by atoms with Gasteiger partial charge in [0.05, 0.1) is 0 Å². The summed E-state index contributed by atoms with van der Waals surface area (Å²) in [5.41, 5.74) is 0. The fraction of sp³-hybridized carbons (Fsp3) is 0.438. The molecule has 1 aromatic heterocycles. The minimum atomic E-state index is 0.351. The van der Waals surface area contributed by atoms with Gasteiger partial charge < -0.3 is 4.90 Å². The summed E-state index contributed by atoms with van der Waals surface area (Å²) in [7, 11) is 0. The van der Waals surface area contributed by atoms with Gasteiger partial charge in [0.25, 0.3) is 0 Å². The van der Waals surface area contributed by atoms with E-state index in [9.17, 15) is 0 Å². The molecular formula is C16H17ClN2. The molecule has 2 nitrogen and oxygen atoms in total. The van der Waals surface area contributed by atoms with Gasteiger partial charge in [-0.15, -0.1) is 11.6 Å². The van der Waals surface area contributed by atoms with Gasteiger partial charge in [-0.1, -0.05) is 24.3 Å². The van der Waals surface area contributed by atoms with Crippen molar-refractivity contribution in [1.29, 1.82) is 0 Å². The highest BCUT2D eigenvalue weighted by molar-refractivity contribution is 6.20. The van der Waals surface area contributed by atoms with E-state index in [-0.39, 0.29) is 0 Å². The monoisotopic (exact) mass is 272 g/mol. The third kappa shape index (κ3) is 1.81. The van der Waals surface area contributed by atoms with Crippen LogP contribution in [0.15, 0.2) is 36.5 Å². The fourth-order valence-corrected chi connectivity index (χ4v) is 4.18. The minimum absolute atomic E-state index is 0.351. The van der Waals surface area contributed by atoms with Gasteiger partial charge in [-0.25, -0.2) is 4.98 Å². The molecule has 0 aliphatic carbocycles. The average Bonchev–Trinajstić information content (AvgIpc) is 2.70. The molecule has 4 rings (SSSR count). The second kappa shape index (κ2) is 4.38. The van der Waals surface area contributed by atoms with Crippen LogP contribution in [-0.4, -0.2) is 22.4 Å². The first-order chi connectivity index (χ1) is 9.33. The van der Waals surface area contributed by atoms with Crippen LogP contribution in [0.2, 0.25) is 0 Å². The van der Waals surface area contributed by atoms with Gasteiger partial charge in [0.1, 0.15) is 5.82 Å². The van der Waals surface area contributed by atoms with Crippen molar-refractivity contribution >= 4 is 28.2 Å². The summed E-state index contributed by atoms with van der Waals surface area (Å²) in [6, 6.07) is 11.8. The summed E-state index contributed by atoms with van der Waals surface area (Å²) >= 11 is 6.37. The molecule has 0 amide bonds. The van der Waals surface area contributed by atoms with E-state index >= 15 is 0 Å². The first-order valence-corrected chi connectivity index (χ1v) is 7.53. The molecule has 2 aromatic rings. The zero-order chi connectivity index (χ0) is 12.8. The van der Waals surface area contributed by atoms with Crippen LogP contribution in [0.3, 0.4) is 0 Å². The summed E-state index contributed by atoms with van der Waals surface area (Å²) in [5, 5.41) is 2.90. The average molecular weight is 273 g/mol. The molecule has 98 valence electrons. The van der Waals surface area contributed by atoms with Crippen LogP contribution < -0.4 is 4.90 Å². The maximum atomic E-state index is 6.37.